The number of halogens is 2. The SMILES string of the molecule is CN1CCCN(C)CCN(C)CCCNCC1.[Br-].[Cu+2].[O-][Cl+3]([O-])([O-])[O-]. The van der Waals surface area contributed by atoms with Crippen LogP contribution in [0.4, 0.5) is 0 Å². The second-order valence-corrected chi connectivity index (χ2v) is 6.50. The van der Waals surface area contributed by atoms with Gasteiger partial charge in [0.15, 0.2) is 0 Å². The maximum absolute atomic E-state index is 8.49. The molecule has 0 aromatic carbocycles. The van der Waals surface area contributed by atoms with Crippen LogP contribution in [0.3, 0.4) is 0 Å². The molecule has 1 N–H and O–H groups in total. The van der Waals surface area contributed by atoms with Gasteiger partial charge in [-0.05, 0) is 60.2 Å². The summed E-state index contributed by atoms with van der Waals surface area (Å²) in [4.78, 5) is 7.32. The second kappa shape index (κ2) is 17.4. The zero-order valence-corrected chi connectivity index (χ0v) is 17.9. The first-order chi connectivity index (χ1) is 10.2. The van der Waals surface area contributed by atoms with Crippen molar-refractivity contribution >= 4 is 0 Å². The van der Waals surface area contributed by atoms with Gasteiger partial charge in [0.1, 0.15) is 0 Å². The van der Waals surface area contributed by atoms with Crippen LogP contribution in [0.1, 0.15) is 12.8 Å². The number of hydrogen-bond acceptors (Lipinski definition) is 8. The van der Waals surface area contributed by atoms with Gasteiger partial charge in [0.25, 0.3) is 0 Å². The molecule has 0 bridgehead atoms. The fourth-order valence-corrected chi connectivity index (χ4v) is 2.16. The number of likely N-dealkylation sites (N-methyl/N-ethyl adjacent to an activating group) is 3. The van der Waals surface area contributed by atoms with Crippen molar-refractivity contribution in [2.24, 2.45) is 0 Å². The summed E-state index contributed by atoms with van der Waals surface area (Å²) in [7, 11) is 1.75. The third-order valence-corrected chi connectivity index (χ3v) is 3.51. The van der Waals surface area contributed by atoms with Crippen LogP contribution in [-0.2, 0) is 17.1 Å². The number of hydrogen-bond donors (Lipinski definition) is 1. The van der Waals surface area contributed by atoms with E-state index in [9.17, 15) is 0 Å². The molecule has 11 heteroatoms. The van der Waals surface area contributed by atoms with Crippen LogP contribution in [0.15, 0.2) is 0 Å². The van der Waals surface area contributed by atoms with Crippen LogP contribution >= 0.6 is 0 Å². The molecule has 0 spiro atoms. The number of rotatable bonds is 0. The van der Waals surface area contributed by atoms with Crippen LogP contribution in [0.25, 0.3) is 0 Å². The Hall–Kier alpha value is 0.969. The average molecular weight is 485 g/mol. The zero-order valence-electron chi connectivity index (χ0n) is 14.6. The monoisotopic (exact) mass is 483 g/mol. The normalized spacial score (nSPS) is 20.6. The van der Waals surface area contributed by atoms with Crippen molar-refractivity contribution in [3.05, 3.63) is 0 Å². The van der Waals surface area contributed by atoms with Crippen molar-refractivity contribution in [3.8, 4) is 0 Å². The smallest absolute Gasteiger partial charge is 1.00 e. The molecule has 24 heavy (non-hydrogen) atoms. The van der Waals surface area contributed by atoms with Crippen molar-refractivity contribution in [2.75, 3.05) is 73.5 Å². The van der Waals surface area contributed by atoms with Gasteiger partial charge >= 0.3 is 17.1 Å². The molecule has 0 aliphatic carbocycles. The third kappa shape index (κ3) is 25.2. The minimum Gasteiger partial charge on any atom is -1.00 e. The minimum absolute atomic E-state index is 0. The van der Waals surface area contributed by atoms with Crippen molar-refractivity contribution in [2.45, 2.75) is 12.8 Å². The molecule has 0 aromatic rings. The van der Waals surface area contributed by atoms with Crippen molar-refractivity contribution in [1.29, 1.82) is 0 Å². The van der Waals surface area contributed by atoms with Crippen LogP contribution in [0.5, 0.6) is 0 Å². The molecule has 1 heterocycles. The summed E-state index contributed by atoms with van der Waals surface area (Å²) in [6, 6.07) is 0. The van der Waals surface area contributed by atoms with Crippen molar-refractivity contribution in [3.63, 3.8) is 0 Å². The Morgan fingerprint density at radius 3 is 1.50 bits per heavy atom. The van der Waals surface area contributed by atoms with Crippen LogP contribution in [0.2, 0.25) is 0 Å². The standard InChI is InChI=1S/C13H30N4.BrH.ClHO4.Cu/c1-15-9-5-10-17(3)13-12-16(2)8-4-6-14-7-11-15;;2-1(3,4)5;/h14H,4-13H2,1-3H3;1H;(H,2,3,4,5);/q;;;+2/p-2. The molecular weight excluding hydrogens is 455 g/mol. The summed E-state index contributed by atoms with van der Waals surface area (Å²) in [6.07, 6.45) is 2.53. The van der Waals surface area contributed by atoms with Crippen molar-refractivity contribution < 1.29 is 62.9 Å². The van der Waals surface area contributed by atoms with Crippen LogP contribution in [0, 0.1) is 10.2 Å². The van der Waals surface area contributed by atoms with Gasteiger partial charge in [-0.25, -0.2) is 18.6 Å². The Morgan fingerprint density at radius 1 is 0.667 bits per heavy atom. The average Bonchev–Trinajstić information content (AvgIpc) is 2.37. The summed E-state index contributed by atoms with van der Waals surface area (Å²) in [5.74, 6) is 0. The minimum atomic E-state index is -4.94. The van der Waals surface area contributed by atoms with Gasteiger partial charge in [0.2, 0.25) is 0 Å². The third-order valence-electron chi connectivity index (χ3n) is 3.51. The van der Waals surface area contributed by atoms with E-state index in [2.05, 4.69) is 41.2 Å². The second-order valence-electron chi connectivity index (χ2n) is 5.74. The first kappa shape index (κ1) is 29.7. The van der Waals surface area contributed by atoms with Gasteiger partial charge in [-0.3, -0.25) is 0 Å². The number of nitrogens with one attached hydrogen (secondary N) is 1. The van der Waals surface area contributed by atoms with Crippen molar-refractivity contribution in [1.82, 2.24) is 20.0 Å². The maximum Gasteiger partial charge on any atom is 2.00 e. The molecule has 1 saturated heterocycles. The van der Waals surface area contributed by atoms with Crippen LogP contribution in [-0.4, -0.2) is 88.2 Å². The largest absolute Gasteiger partial charge is 2.00 e. The molecule has 1 rings (SSSR count). The summed E-state index contributed by atoms with van der Waals surface area (Å²) in [6.45, 7) is 9.44. The first-order valence-corrected chi connectivity index (χ1v) is 8.80. The molecular formula is C13H30BrClCuN4O4. The van der Waals surface area contributed by atoms with E-state index in [1.165, 1.54) is 52.1 Å². The Kier molecular flexibility index (Phi) is 21.5. The summed E-state index contributed by atoms with van der Waals surface area (Å²) >= 11 is 0. The Bertz CT molecular complexity index is 275. The van der Waals surface area contributed by atoms with E-state index in [-0.39, 0.29) is 34.1 Å². The van der Waals surface area contributed by atoms with E-state index < -0.39 is 10.2 Å². The molecule has 0 saturated carbocycles. The zero-order chi connectivity index (χ0) is 17.0. The maximum atomic E-state index is 8.49. The number of nitrogens with zero attached hydrogens (tertiary/aromatic N) is 3. The van der Waals surface area contributed by atoms with Gasteiger partial charge in [-0.1, -0.05) is 0 Å². The molecule has 151 valence electrons. The molecule has 1 aliphatic heterocycles. The van der Waals surface area contributed by atoms with Gasteiger partial charge in [-0.2, -0.15) is 0 Å². The quantitative estimate of drug-likeness (QED) is 0.337. The summed E-state index contributed by atoms with van der Waals surface area (Å²) in [5.41, 5.74) is 0. The van der Waals surface area contributed by atoms with Gasteiger partial charge < -0.3 is 37.0 Å². The summed E-state index contributed by atoms with van der Waals surface area (Å²) in [5, 5.41) is 3.52. The molecule has 0 aromatic heterocycles. The van der Waals surface area contributed by atoms with Gasteiger partial charge in [-0.15, -0.1) is 10.2 Å². The molecule has 1 aliphatic rings. The van der Waals surface area contributed by atoms with E-state index in [1.54, 1.807) is 0 Å². The summed E-state index contributed by atoms with van der Waals surface area (Å²) < 4.78 is 34.0. The fraction of sp³-hybridized carbons (Fsp3) is 1.00. The van der Waals surface area contributed by atoms with E-state index in [0.717, 1.165) is 13.1 Å². The Labute approximate surface area is 169 Å². The Morgan fingerprint density at radius 2 is 1.04 bits per heavy atom. The van der Waals surface area contributed by atoms with E-state index in [1.807, 2.05) is 0 Å². The predicted molar refractivity (Wildman–Crippen MR) is 74.6 cm³/mol. The molecule has 1 radical (unpaired) electrons. The Balaban J connectivity index is -0.000000554. The molecule has 0 amide bonds. The van der Waals surface area contributed by atoms with E-state index in [0.29, 0.717) is 0 Å². The molecule has 0 atom stereocenters. The molecule has 8 nitrogen and oxygen atoms in total. The molecule has 0 unspecified atom stereocenters. The first-order valence-electron chi connectivity index (χ1n) is 7.56. The van der Waals surface area contributed by atoms with Gasteiger partial charge in [0, 0.05) is 26.2 Å². The van der Waals surface area contributed by atoms with E-state index >= 15 is 0 Å². The van der Waals surface area contributed by atoms with Gasteiger partial charge in [0.05, 0.1) is 0 Å². The topological polar surface area (TPSA) is 114 Å². The predicted octanol–water partition coefficient (Wildman–Crippen LogP) is -7.59. The fourth-order valence-electron chi connectivity index (χ4n) is 2.16. The van der Waals surface area contributed by atoms with E-state index in [4.69, 9.17) is 18.6 Å². The van der Waals surface area contributed by atoms with Crippen LogP contribution < -0.4 is 40.9 Å². The molecule has 1 fully saturated rings.